The van der Waals surface area contributed by atoms with Crippen molar-refractivity contribution in [2.75, 3.05) is 57.9 Å². The van der Waals surface area contributed by atoms with Gasteiger partial charge in [0.25, 0.3) is 10.0 Å². The molecular weight excluding hydrogens is 474 g/mol. The number of nitrogens with zero attached hydrogens (tertiary/aromatic N) is 3. The van der Waals surface area contributed by atoms with Gasteiger partial charge >= 0.3 is 6.09 Å². The second-order valence-corrected chi connectivity index (χ2v) is 9.76. The number of rotatable bonds is 8. The van der Waals surface area contributed by atoms with Crippen molar-refractivity contribution in [3.8, 4) is 11.5 Å². The van der Waals surface area contributed by atoms with E-state index in [2.05, 4.69) is 0 Å². The molecule has 2 amide bonds. The Labute approximate surface area is 206 Å². The number of carbonyl (C=O) groups excluding carboxylic acids is 2. The van der Waals surface area contributed by atoms with Crippen LogP contribution in [0.15, 0.2) is 47.4 Å². The molecule has 190 valence electrons. The number of carbonyl (C=O) groups is 2. The van der Waals surface area contributed by atoms with E-state index in [0.717, 1.165) is 9.87 Å². The maximum absolute atomic E-state index is 13.9. The number of amides is 2. The van der Waals surface area contributed by atoms with Gasteiger partial charge in [0.15, 0.2) is 0 Å². The highest BCUT2D eigenvalue weighted by Crippen LogP contribution is 2.32. The van der Waals surface area contributed by atoms with E-state index in [-0.39, 0.29) is 41.9 Å². The van der Waals surface area contributed by atoms with Crippen molar-refractivity contribution in [2.24, 2.45) is 0 Å². The van der Waals surface area contributed by atoms with Crippen LogP contribution in [0.2, 0.25) is 0 Å². The largest absolute Gasteiger partial charge is 0.497 e. The molecular formula is C24H31N3O7S. The van der Waals surface area contributed by atoms with Gasteiger partial charge in [0.1, 0.15) is 22.9 Å². The van der Waals surface area contributed by atoms with Gasteiger partial charge in [-0.05, 0) is 43.7 Å². The van der Waals surface area contributed by atoms with Gasteiger partial charge < -0.3 is 24.0 Å². The van der Waals surface area contributed by atoms with E-state index in [1.165, 1.54) is 25.2 Å². The van der Waals surface area contributed by atoms with E-state index < -0.39 is 22.7 Å². The molecule has 35 heavy (non-hydrogen) atoms. The molecule has 0 N–H and O–H groups in total. The standard InChI is InChI=1S/C24H31N3O7S/c1-5-34-24(29)26-13-11-25(12-14-26)23(28)17-27(19-7-6-8-20(16-19)32-3)35(30,31)22-15-18(2)9-10-21(22)33-4/h6-10,15-16H,5,11-14,17H2,1-4H3. The summed E-state index contributed by atoms with van der Waals surface area (Å²) in [6, 6.07) is 11.4. The third kappa shape index (κ3) is 5.97. The minimum absolute atomic E-state index is 0.0391. The molecule has 0 unspecified atom stereocenters. The summed E-state index contributed by atoms with van der Waals surface area (Å²) in [4.78, 5) is 28.3. The van der Waals surface area contributed by atoms with Gasteiger partial charge in [-0.3, -0.25) is 9.10 Å². The quantitative estimate of drug-likeness (QED) is 0.543. The minimum Gasteiger partial charge on any atom is -0.497 e. The van der Waals surface area contributed by atoms with Crippen LogP contribution in [0.25, 0.3) is 0 Å². The van der Waals surface area contributed by atoms with Crippen molar-refractivity contribution in [3.63, 3.8) is 0 Å². The molecule has 0 aliphatic carbocycles. The summed E-state index contributed by atoms with van der Waals surface area (Å²) in [5, 5.41) is 0. The Morgan fingerprint density at radius 1 is 0.971 bits per heavy atom. The molecule has 2 aromatic carbocycles. The average Bonchev–Trinajstić information content (AvgIpc) is 2.87. The zero-order chi connectivity index (χ0) is 25.6. The van der Waals surface area contributed by atoms with Crippen LogP contribution in [-0.2, 0) is 19.6 Å². The lowest BCUT2D eigenvalue weighted by Gasteiger charge is -2.35. The molecule has 1 fully saturated rings. The Morgan fingerprint density at radius 3 is 2.29 bits per heavy atom. The van der Waals surface area contributed by atoms with E-state index in [1.54, 1.807) is 55.1 Å². The lowest BCUT2D eigenvalue weighted by atomic mass is 10.2. The summed E-state index contributed by atoms with van der Waals surface area (Å²) in [5.74, 6) is 0.250. The van der Waals surface area contributed by atoms with E-state index in [0.29, 0.717) is 18.8 Å². The van der Waals surface area contributed by atoms with E-state index >= 15 is 0 Å². The van der Waals surface area contributed by atoms with Crippen LogP contribution < -0.4 is 13.8 Å². The molecule has 1 heterocycles. The molecule has 1 aliphatic rings. The smallest absolute Gasteiger partial charge is 0.409 e. The molecule has 1 aliphatic heterocycles. The first-order valence-corrected chi connectivity index (χ1v) is 12.7. The third-order valence-electron chi connectivity index (χ3n) is 5.67. The molecule has 0 atom stereocenters. The number of benzene rings is 2. The number of ether oxygens (including phenoxy) is 3. The van der Waals surface area contributed by atoms with Gasteiger partial charge in [-0.2, -0.15) is 0 Å². The first-order chi connectivity index (χ1) is 16.7. The summed E-state index contributed by atoms with van der Waals surface area (Å²) in [6.07, 6.45) is -0.424. The Bertz CT molecular complexity index is 1160. The summed E-state index contributed by atoms with van der Waals surface area (Å²) >= 11 is 0. The normalized spacial score (nSPS) is 13.8. The number of aryl methyl sites for hydroxylation is 1. The maximum Gasteiger partial charge on any atom is 0.409 e. The predicted octanol–water partition coefficient (Wildman–Crippen LogP) is 2.51. The molecule has 3 rings (SSSR count). The Morgan fingerprint density at radius 2 is 1.66 bits per heavy atom. The fourth-order valence-corrected chi connectivity index (χ4v) is 5.41. The molecule has 1 saturated heterocycles. The van der Waals surface area contributed by atoms with Gasteiger partial charge in [-0.15, -0.1) is 0 Å². The predicted molar refractivity (Wildman–Crippen MR) is 130 cm³/mol. The monoisotopic (exact) mass is 505 g/mol. The molecule has 0 radical (unpaired) electrons. The molecule has 0 aromatic heterocycles. The Kier molecular flexibility index (Phi) is 8.44. The molecule has 0 spiro atoms. The van der Waals surface area contributed by atoms with Crippen LogP contribution in [0.3, 0.4) is 0 Å². The summed E-state index contributed by atoms with van der Waals surface area (Å²) in [7, 11) is -1.31. The third-order valence-corrected chi connectivity index (χ3v) is 7.46. The topological polar surface area (TPSA) is 106 Å². The van der Waals surface area contributed by atoms with Crippen molar-refractivity contribution < 1.29 is 32.2 Å². The molecule has 0 bridgehead atoms. The zero-order valence-corrected chi connectivity index (χ0v) is 21.2. The van der Waals surface area contributed by atoms with Gasteiger partial charge in [0.05, 0.1) is 26.5 Å². The van der Waals surface area contributed by atoms with Gasteiger partial charge in [0, 0.05) is 32.2 Å². The molecule has 11 heteroatoms. The Hall–Kier alpha value is -3.47. The van der Waals surface area contributed by atoms with Crippen LogP contribution in [0.5, 0.6) is 11.5 Å². The highest BCUT2D eigenvalue weighted by molar-refractivity contribution is 7.93. The summed E-state index contributed by atoms with van der Waals surface area (Å²) in [6.45, 7) is 4.52. The lowest BCUT2D eigenvalue weighted by Crippen LogP contribution is -2.53. The first kappa shape index (κ1) is 26.1. The SMILES string of the molecule is CCOC(=O)N1CCN(C(=O)CN(c2cccc(OC)c2)S(=O)(=O)c2cc(C)ccc2OC)CC1. The Balaban J connectivity index is 1.91. The highest BCUT2D eigenvalue weighted by Gasteiger charge is 2.33. The van der Waals surface area contributed by atoms with Crippen LogP contribution >= 0.6 is 0 Å². The number of hydrogen-bond acceptors (Lipinski definition) is 7. The van der Waals surface area contributed by atoms with E-state index in [4.69, 9.17) is 14.2 Å². The van der Waals surface area contributed by atoms with Crippen molar-refractivity contribution in [2.45, 2.75) is 18.7 Å². The number of methoxy groups -OCH3 is 2. The fraction of sp³-hybridized carbons (Fsp3) is 0.417. The average molecular weight is 506 g/mol. The van der Waals surface area contributed by atoms with Crippen LogP contribution in [0, 0.1) is 6.92 Å². The minimum atomic E-state index is -4.19. The molecule has 0 saturated carbocycles. The van der Waals surface area contributed by atoms with Crippen molar-refractivity contribution >= 4 is 27.7 Å². The van der Waals surface area contributed by atoms with E-state index in [1.807, 2.05) is 0 Å². The van der Waals surface area contributed by atoms with E-state index in [9.17, 15) is 18.0 Å². The van der Waals surface area contributed by atoms with Crippen LogP contribution in [0.4, 0.5) is 10.5 Å². The van der Waals surface area contributed by atoms with Gasteiger partial charge in [-0.25, -0.2) is 13.2 Å². The second kappa shape index (κ2) is 11.3. The number of sulfonamides is 1. The first-order valence-electron chi connectivity index (χ1n) is 11.2. The summed E-state index contributed by atoms with van der Waals surface area (Å²) in [5.41, 5.74) is 1.02. The van der Waals surface area contributed by atoms with Crippen molar-refractivity contribution in [1.82, 2.24) is 9.80 Å². The van der Waals surface area contributed by atoms with Crippen molar-refractivity contribution in [3.05, 3.63) is 48.0 Å². The zero-order valence-electron chi connectivity index (χ0n) is 20.4. The fourth-order valence-electron chi connectivity index (χ4n) is 3.76. The lowest BCUT2D eigenvalue weighted by molar-refractivity contribution is -0.131. The van der Waals surface area contributed by atoms with Gasteiger partial charge in [-0.1, -0.05) is 12.1 Å². The van der Waals surface area contributed by atoms with Gasteiger partial charge in [0.2, 0.25) is 5.91 Å². The maximum atomic E-state index is 13.9. The second-order valence-electron chi connectivity index (χ2n) is 7.93. The molecule has 10 nitrogen and oxygen atoms in total. The van der Waals surface area contributed by atoms with Crippen molar-refractivity contribution in [1.29, 1.82) is 0 Å². The number of piperazine rings is 1. The molecule has 2 aromatic rings. The highest BCUT2D eigenvalue weighted by atomic mass is 32.2. The van der Waals surface area contributed by atoms with Crippen LogP contribution in [0.1, 0.15) is 12.5 Å². The summed E-state index contributed by atoms with van der Waals surface area (Å²) < 4.78 is 44.4. The number of hydrogen-bond donors (Lipinski definition) is 0. The van der Waals surface area contributed by atoms with Crippen LogP contribution in [-0.4, -0.2) is 83.8 Å². The number of anilines is 1.